The number of nitro benzene ring substituents is 1. The van der Waals surface area contributed by atoms with E-state index in [1.807, 2.05) is 22.9 Å². The molecule has 1 heterocycles. The minimum atomic E-state index is -0.377. The van der Waals surface area contributed by atoms with Gasteiger partial charge in [0.05, 0.1) is 11.5 Å². The highest BCUT2D eigenvalue weighted by molar-refractivity contribution is 5.87. The highest BCUT2D eigenvalue weighted by atomic mass is 16.6. The normalized spacial score (nSPS) is 10.7. The largest absolute Gasteiger partial charge is 0.343 e. The van der Waals surface area contributed by atoms with E-state index in [0.29, 0.717) is 17.7 Å². The van der Waals surface area contributed by atoms with Gasteiger partial charge < -0.3 is 4.57 Å². The van der Waals surface area contributed by atoms with Gasteiger partial charge in [0.25, 0.3) is 5.69 Å². The predicted octanol–water partition coefficient (Wildman–Crippen LogP) is 3.41. The third-order valence-corrected chi connectivity index (χ3v) is 3.46. The Hall–Kier alpha value is -2.95. The molecular weight excluding hydrogens is 268 g/mol. The maximum atomic E-state index is 11.1. The molecule has 5 nitrogen and oxygen atoms in total. The van der Waals surface area contributed by atoms with Gasteiger partial charge in [-0.2, -0.15) is 0 Å². The van der Waals surface area contributed by atoms with Crippen molar-refractivity contribution in [1.29, 1.82) is 0 Å². The summed E-state index contributed by atoms with van der Waals surface area (Å²) < 4.78 is 1.91. The number of benzene rings is 2. The summed E-state index contributed by atoms with van der Waals surface area (Å²) >= 11 is 0. The van der Waals surface area contributed by atoms with Crippen LogP contribution in [0.3, 0.4) is 0 Å². The topological polar surface area (TPSA) is 65.1 Å². The van der Waals surface area contributed by atoms with Gasteiger partial charge in [0.1, 0.15) is 6.29 Å². The van der Waals surface area contributed by atoms with Crippen LogP contribution >= 0.6 is 0 Å². The van der Waals surface area contributed by atoms with Crippen LogP contribution < -0.4 is 0 Å². The highest BCUT2D eigenvalue weighted by Gasteiger charge is 2.13. The predicted molar refractivity (Wildman–Crippen MR) is 79.5 cm³/mol. The fourth-order valence-electron chi connectivity index (χ4n) is 2.42. The molecule has 21 heavy (non-hydrogen) atoms. The van der Waals surface area contributed by atoms with E-state index < -0.39 is 0 Å². The van der Waals surface area contributed by atoms with E-state index in [0.717, 1.165) is 17.2 Å². The number of nitrogens with zero attached hydrogens (tertiary/aromatic N) is 2. The van der Waals surface area contributed by atoms with Crippen LogP contribution in [0.5, 0.6) is 0 Å². The lowest BCUT2D eigenvalue weighted by molar-refractivity contribution is -0.385. The van der Waals surface area contributed by atoms with Gasteiger partial charge >= 0.3 is 0 Å². The molecule has 3 aromatic rings. The van der Waals surface area contributed by atoms with E-state index in [-0.39, 0.29) is 10.6 Å². The summed E-state index contributed by atoms with van der Waals surface area (Å²) in [5.41, 5.74) is 2.21. The first-order chi connectivity index (χ1) is 10.2. The number of hydrogen-bond donors (Lipinski definition) is 0. The number of nitro groups is 1. The summed E-state index contributed by atoms with van der Waals surface area (Å²) in [6.45, 7) is 0.392. The van der Waals surface area contributed by atoms with Crippen LogP contribution in [0.25, 0.3) is 10.9 Å². The lowest BCUT2D eigenvalue weighted by atomic mass is 10.1. The van der Waals surface area contributed by atoms with Crippen molar-refractivity contribution < 1.29 is 9.72 Å². The van der Waals surface area contributed by atoms with Crippen molar-refractivity contribution in [2.45, 2.75) is 6.54 Å². The third-order valence-electron chi connectivity index (χ3n) is 3.46. The van der Waals surface area contributed by atoms with Crippen molar-refractivity contribution in [2.75, 3.05) is 0 Å². The number of para-hydroxylation sites is 1. The Morgan fingerprint density at radius 2 is 1.95 bits per heavy atom. The van der Waals surface area contributed by atoms with Crippen LogP contribution in [0.2, 0.25) is 0 Å². The minimum Gasteiger partial charge on any atom is -0.343 e. The molecule has 3 rings (SSSR count). The molecule has 0 saturated carbocycles. The molecule has 0 amide bonds. The summed E-state index contributed by atoms with van der Waals surface area (Å²) in [4.78, 5) is 21.6. The first kappa shape index (κ1) is 13.1. The lowest BCUT2D eigenvalue weighted by Crippen LogP contribution is -2.02. The fraction of sp³-hybridized carbons (Fsp3) is 0.0625. The number of fused-ring (bicyclic) bond motifs is 1. The molecule has 0 radical (unpaired) electrons. The van der Waals surface area contributed by atoms with E-state index in [4.69, 9.17) is 0 Å². The molecule has 104 valence electrons. The molecule has 0 aliphatic rings. The Labute approximate surface area is 120 Å². The first-order valence-electron chi connectivity index (χ1n) is 6.45. The molecule has 0 fully saturated rings. The monoisotopic (exact) mass is 280 g/mol. The summed E-state index contributed by atoms with van der Waals surface area (Å²) in [6, 6.07) is 14.0. The maximum Gasteiger partial charge on any atom is 0.274 e. The molecule has 0 spiro atoms. The van der Waals surface area contributed by atoms with Gasteiger partial charge in [0.15, 0.2) is 0 Å². The number of hydrogen-bond acceptors (Lipinski definition) is 3. The molecule has 5 heteroatoms. The minimum absolute atomic E-state index is 0.103. The molecule has 0 saturated heterocycles. The first-order valence-corrected chi connectivity index (χ1v) is 6.45. The Bertz CT molecular complexity index is 836. The van der Waals surface area contributed by atoms with Crippen LogP contribution in [0.1, 0.15) is 15.9 Å². The van der Waals surface area contributed by atoms with E-state index in [9.17, 15) is 14.9 Å². The van der Waals surface area contributed by atoms with Gasteiger partial charge in [-0.15, -0.1) is 0 Å². The Kier molecular flexibility index (Phi) is 3.23. The van der Waals surface area contributed by atoms with E-state index in [1.54, 1.807) is 30.3 Å². The van der Waals surface area contributed by atoms with Crippen molar-refractivity contribution >= 4 is 22.9 Å². The molecule has 0 bridgehead atoms. The Morgan fingerprint density at radius 1 is 1.14 bits per heavy atom. The summed E-state index contributed by atoms with van der Waals surface area (Å²) in [7, 11) is 0. The molecule has 0 N–H and O–H groups in total. The van der Waals surface area contributed by atoms with Crippen molar-refractivity contribution in [3.05, 3.63) is 76.0 Å². The van der Waals surface area contributed by atoms with Crippen molar-refractivity contribution in [2.24, 2.45) is 0 Å². The SMILES string of the molecule is O=Cc1ccc2ccn(Cc3ccccc3[N+](=O)[O-])c2c1. The van der Waals surface area contributed by atoms with E-state index in [2.05, 4.69) is 0 Å². The van der Waals surface area contributed by atoms with Gasteiger partial charge in [0, 0.05) is 28.9 Å². The summed E-state index contributed by atoms with van der Waals surface area (Å²) in [5.74, 6) is 0. The van der Waals surface area contributed by atoms with Gasteiger partial charge in [-0.05, 0) is 17.5 Å². The van der Waals surface area contributed by atoms with Gasteiger partial charge in [-0.3, -0.25) is 14.9 Å². The Morgan fingerprint density at radius 3 is 2.71 bits per heavy atom. The molecular formula is C16H12N2O3. The zero-order chi connectivity index (χ0) is 14.8. The van der Waals surface area contributed by atoms with Crippen LogP contribution in [-0.2, 0) is 6.54 Å². The van der Waals surface area contributed by atoms with Crippen LogP contribution in [0.15, 0.2) is 54.7 Å². The smallest absolute Gasteiger partial charge is 0.274 e. The highest BCUT2D eigenvalue weighted by Crippen LogP contribution is 2.23. The number of aldehydes is 1. The molecule has 2 aromatic carbocycles. The fourth-order valence-corrected chi connectivity index (χ4v) is 2.42. The molecule has 1 aromatic heterocycles. The number of rotatable bonds is 4. The third kappa shape index (κ3) is 2.41. The van der Waals surface area contributed by atoms with Crippen LogP contribution in [0, 0.1) is 10.1 Å². The number of carbonyl (C=O) groups excluding carboxylic acids is 1. The maximum absolute atomic E-state index is 11.1. The number of aromatic nitrogens is 1. The number of carbonyl (C=O) groups is 1. The van der Waals surface area contributed by atoms with Gasteiger partial charge in [0.2, 0.25) is 0 Å². The second-order valence-corrected chi connectivity index (χ2v) is 4.77. The van der Waals surface area contributed by atoms with E-state index in [1.165, 1.54) is 6.07 Å². The molecule has 0 unspecified atom stereocenters. The second kappa shape index (κ2) is 5.20. The zero-order valence-electron chi connectivity index (χ0n) is 11.1. The van der Waals surface area contributed by atoms with Crippen LogP contribution in [-0.4, -0.2) is 15.8 Å². The van der Waals surface area contributed by atoms with Gasteiger partial charge in [-0.25, -0.2) is 0 Å². The second-order valence-electron chi connectivity index (χ2n) is 4.77. The summed E-state index contributed by atoms with van der Waals surface area (Å²) in [6.07, 6.45) is 2.66. The van der Waals surface area contributed by atoms with Crippen molar-refractivity contribution in [3.63, 3.8) is 0 Å². The molecule has 0 aliphatic heterocycles. The summed E-state index contributed by atoms with van der Waals surface area (Å²) in [5, 5.41) is 12.1. The van der Waals surface area contributed by atoms with Crippen molar-refractivity contribution in [1.82, 2.24) is 4.57 Å². The quantitative estimate of drug-likeness (QED) is 0.418. The lowest BCUT2D eigenvalue weighted by Gasteiger charge is -2.06. The van der Waals surface area contributed by atoms with Crippen LogP contribution in [0.4, 0.5) is 5.69 Å². The average Bonchev–Trinajstić information content (AvgIpc) is 2.90. The molecule has 0 atom stereocenters. The van der Waals surface area contributed by atoms with E-state index >= 15 is 0 Å². The Balaban J connectivity index is 2.06. The van der Waals surface area contributed by atoms with Crippen molar-refractivity contribution in [3.8, 4) is 0 Å². The molecule has 0 aliphatic carbocycles. The zero-order valence-corrected chi connectivity index (χ0v) is 11.1. The standard InChI is InChI=1S/C16H12N2O3/c19-11-12-5-6-13-7-8-17(16(13)9-12)10-14-3-1-2-4-15(14)18(20)21/h1-9,11H,10H2. The average molecular weight is 280 g/mol. The van der Waals surface area contributed by atoms with Gasteiger partial charge in [-0.1, -0.05) is 30.3 Å².